The molecular formula is C43H30N4. The summed E-state index contributed by atoms with van der Waals surface area (Å²) in [6, 6.07) is 54.5. The zero-order valence-corrected chi connectivity index (χ0v) is 25.9. The maximum absolute atomic E-state index is 5.02. The number of aromatic nitrogens is 4. The minimum atomic E-state index is 0.619. The summed E-state index contributed by atoms with van der Waals surface area (Å²) in [5.74, 6) is 1.89. The summed E-state index contributed by atoms with van der Waals surface area (Å²) in [5.41, 5.74) is 10.3. The summed E-state index contributed by atoms with van der Waals surface area (Å²) in [6.45, 7) is 2.11. The highest BCUT2D eigenvalue weighted by Gasteiger charge is 2.15. The second kappa shape index (κ2) is 12.3. The van der Waals surface area contributed by atoms with Crippen LogP contribution >= 0.6 is 0 Å². The Morgan fingerprint density at radius 3 is 1.47 bits per heavy atom. The van der Waals surface area contributed by atoms with E-state index in [4.69, 9.17) is 19.9 Å². The molecule has 0 saturated carbocycles. The molecule has 4 heteroatoms. The summed E-state index contributed by atoms with van der Waals surface area (Å²) in [5, 5.41) is 2.42. The quantitative estimate of drug-likeness (QED) is 0.190. The molecule has 0 radical (unpaired) electrons. The second-order valence-corrected chi connectivity index (χ2v) is 11.7. The lowest BCUT2D eigenvalue weighted by molar-refractivity contribution is 1.07. The Labute approximate surface area is 274 Å². The molecule has 2 aromatic heterocycles. The molecule has 0 atom stereocenters. The SMILES string of the molecule is Cc1ccc(-c2cc(-c3ccc(-c4ccc5ccccc5c4)nc3)cc(-c3nc(-c4ccccc4)nc(-c4ccccc4)n3)c2)cc1. The molecule has 222 valence electrons. The summed E-state index contributed by atoms with van der Waals surface area (Å²) >= 11 is 0. The van der Waals surface area contributed by atoms with E-state index in [2.05, 4.69) is 104 Å². The molecule has 8 rings (SSSR count). The third-order valence-electron chi connectivity index (χ3n) is 8.42. The van der Waals surface area contributed by atoms with Crippen molar-refractivity contribution in [2.24, 2.45) is 0 Å². The van der Waals surface area contributed by atoms with E-state index in [1.54, 1.807) is 0 Å². The van der Waals surface area contributed by atoms with E-state index < -0.39 is 0 Å². The zero-order valence-electron chi connectivity index (χ0n) is 25.9. The molecule has 0 unspecified atom stereocenters. The molecular weight excluding hydrogens is 573 g/mol. The van der Waals surface area contributed by atoms with Crippen LogP contribution in [0.4, 0.5) is 0 Å². The van der Waals surface area contributed by atoms with E-state index in [-0.39, 0.29) is 0 Å². The van der Waals surface area contributed by atoms with Crippen LogP contribution in [0.5, 0.6) is 0 Å². The van der Waals surface area contributed by atoms with Gasteiger partial charge in [0.15, 0.2) is 17.5 Å². The maximum atomic E-state index is 5.02. The number of rotatable bonds is 6. The Morgan fingerprint density at radius 2 is 0.851 bits per heavy atom. The van der Waals surface area contributed by atoms with Gasteiger partial charge in [-0.25, -0.2) is 15.0 Å². The minimum absolute atomic E-state index is 0.619. The topological polar surface area (TPSA) is 51.6 Å². The molecule has 0 aliphatic carbocycles. The van der Waals surface area contributed by atoms with Gasteiger partial charge in [0.2, 0.25) is 0 Å². The van der Waals surface area contributed by atoms with Crippen molar-refractivity contribution < 1.29 is 0 Å². The van der Waals surface area contributed by atoms with Crippen LogP contribution in [0, 0.1) is 6.92 Å². The molecule has 0 fully saturated rings. The normalized spacial score (nSPS) is 11.1. The first-order valence-corrected chi connectivity index (χ1v) is 15.7. The van der Waals surface area contributed by atoms with E-state index in [1.807, 2.05) is 66.9 Å². The summed E-state index contributed by atoms with van der Waals surface area (Å²) in [6.07, 6.45) is 1.96. The van der Waals surface area contributed by atoms with E-state index in [9.17, 15) is 0 Å². The predicted molar refractivity (Wildman–Crippen MR) is 192 cm³/mol. The molecule has 2 heterocycles. The molecule has 0 saturated heterocycles. The van der Waals surface area contributed by atoms with Crippen molar-refractivity contribution in [1.29, 1.82) is 0 Å². The van der Waals surface area contributed by atoms with Gasteiger partial charge in [-0.15, -0.1) is 0 Å². The van der Waals surface area contributed by atoms with Crippen LogP contribution in [0.3, 0.4) is 0 Å². The van der Waals surface area contributed by atoms with Gasteiger partial charge in [-0.2, -0.15) is 0 Å². The molecule has 47 heavy (non-hydrogen) atoms. The number of hydrogen-bond acceptors (Lipinski definition) is 4. The molecule has 0 amide bonds. The number of fused-ring (bicyclic) bond motifs is 1. The van der Waals surface area contributed by atoms with Gasteiger partial charge in [0.25, 0.3) is 0 Å². The first kappa shape index (κ1) is 28.2. The van der Waals surface area contributed by atoms with Crippen LogP contribution < -0.4 is 0 Å². The van der Waals surface area contributed by atoms with Gasteiger partial charge in [0, 0.05) is 34.0 Å². The standard InChI is InChI=1S/C43H30N4/c1-29-16-18-31(19-17-29)37-25-38(36-22-23-40(44-28-36)35-21-20-30-10-8-9-15-34(30)24-35)27-39(26-37)43-46-41(32-11-4-2-5-12-32)45-42(47-43)33-13-6-3-7-14-33/h2-28H,1H3. The Balaban J connectivity index is 1.26. The highest BCUT2D eigenvalue weighted by atomic mass is 15.0. The smallest absolute Gasteiger partial charge is 0.164 e. The lowest BCUT2D eigenvalue weighted by Crippen LogP contribution is -2.00. The van der Waals surface area contributed by atoms with Crippen LogP contribution in [0.25, 0.3) is 78.4 Å². The monoisotopic (exact) mass is 602 g/mol. The van der Waals surface area contributed by atoms with Gasteiger partial charge < -0.3 is 0 Å². The van der Waals surface area contributed by atoms with Crippen LogP contribution in [-0.2, 0) is 0 Å². The van der Waals surface area contributed by atoms with Crippen molar-refractivity contribution in [2.75, 3.05) is 0 Å². The molecule has 8 aromatic rings. The van der Waals surface area contributed by atoms with Crippen molar-refractivity contribution in [2.45, 2.75) is 6.92 Å². The van der Waals surface area contributed by atoms with Crippen LogP contribution in [0.2, 0.25) is 0 Å². The largest absolute Gasteiger partial charge is 0.256 e. The molecule has 0 aliphatic rings. The molecule has 0 aliphatic heterocycles. The Bertz CT molecular complexity index is 2270. The van der Waals surface area contributed by atoms with Gasteiger partial charge in [0.1, 0.15) is 0 Å². The summed E-state index contributed by atoms with van der Waals surface area (Å²) < 4.78 is 0. The van der Waals surface area contributed by atoms with E-state index in [0.717, 1.165) is 50.2 Å². The van der Waals surface area contributed by atoms with Crippen molar-refractivity contribution in [1.82, 2.24) is 19.9 Å². The third-order valence-corrected chi connectivity index (χ3v) is 8.42. The molecule has 0 bridgehead atoms. The van der Waals surface area contributed by atoms with E-state index >= 15 is 0 Å². The Kier molecular flexibility index (Phi) is 7.37. The minimum Gasteiger partial charge on any atom is -0.256 e. The van der Waals surface area contributed by atoms with Gasteiger partial charge in [-0.3, -0.25) is 4.98 Å². The average Bonchev–Trinajstić information content (AvgIpc) is 3.15. The fraction of sp³-hybridized carbons (Fsp3) is 0.0233. The van der Waals surface area contributed by atoms with Crippen molar-refractivity contribution >= 4 is 10.8 Å². The van der Waals surface area contributed by atoms with Gasteiger partial charge >= 0.3 is 0 Å². The lowest BCUT2D eigenvalue weighted by atomic mass is 9.95. The van der Waals surface area contributed by atoms with Gasteiger partial charge in [-0.1, -0.05) is 133 Å². The third kappa shape index (κ3) is 5.92. The van der Waals surface area contributed by atoms with Crippen LogP contribution in [0.15, 0.2) is 164 Å². The average molecular weight is 603 g/mol. The zero-order chi connectivity index (χ0) is 31.6. The number of hydrogen-bond donors (Lipinski definition) is 0. The second-order valence-electron chi connectivity index (χ2n) is 11.7. The molecule has 6 aromatic carbocycles. The van der Waals surface area contributed by atoms with E-state index in [0.29, 0.717) is 17.5 Å². The predicted octanol–water partition coefficient (Wildman–Crippen LogP) is 10.7. The maximum Gasteiger partial charge on any atom is 0.164 e. The Morgan fingerprint density at radius 1 is 0.340 bits per heavy atom. The summed E-state index contributed by atoms with van der Waals surface area (Å²) in [4.78, 5) is 19.9. The number of aryl methyl sites for hydroxylation is 1. The lowest BCUT2D eigenvalue weighted by Gasteiger charge is -2.13. The van der Waals surface area contributed by atoms with Gasteiger partial charge in [-0.05, 0) is 64.7 Å². The molecule has 0 spiro atoms. The summed E-state index contributed by atoms with van der Waals surface area (Å²) in [7, 11) is 0. The fourth-order valence-electron chi connectivity index (χ4n) is 5.86. The number of pyridine rings is 1. The van der Waals surface area contributed by atoms with Crippen molar-refractivity contribution in [3.05, 3.63) is 169 Å². The van der Waals surface area contributed by atoms with Crippen molar-refractivity contribution in [3.8, 4) is 67.7 Å². The number of benzene rings is 6. The first-order chi connectivity index (χ1) is 23.2. The highest BCUT2D eigenvalue weighted by Crippen LogP contribution is 2.34. The fourth-order valence-corrected chi connectivity index (χ4v) is 5.86. The Hall–Kier alpha value is -6.26. The molecule has 4 nitrogen and oxygen atoms in total. The molecule has 0 N–H and O–H groups in total. The first-order valence-electron chi connectivity index (χ1n) is 15.7. The van der Waals surface area contributed by atoms with Crippen molar-refractivity contribution in [3.63, 3.8) is 0 Å². The van der Waals surface area contributed by atoms with E-state index in [1.165, 1.54) is 16.3 Å². The number of nitrogens with zero attached hydrogens (tertiary/aromatic N) is 4. The van der Waals surface area contributed by atoms with Crippen LogP contribution in [-0.4, -0.2) is 19.9 Å². The van der Waals surface area contributed by atoms with Gasteiger partial charge in [0.05, 0.1) is 5.69 Å². The highest BCUT2D eigenvalue weighted by molar-refractivity contribution is 5.87. The van der Waals surface area contributed by atoms with Crippen LogP contribution in [0.1, 0.15) is 5.56 Å².